The summed E-state index contributed by atoms with van der Waals surface area (Å²) in [5.41, 5.74) is 1.33. The fourth-order valence-corrected chi connectivity index (χ4v) is 3.58. The van der Waals surface area contributed by atoms with Crippen LogP contribution < -0.4 is 5.32 Å². The van der Waals surface area contributed by atoms with Crippen molar-refractivity contribution in [1.82, 2.24) is 10.2 Å². The maximum Gasteiger partial charge on any atom is 0.0589 e. The van der Waals surface area contributed by atoms with Crippen LogP contribution in [0.2, 0.25) is 0 Å². The average molecular weight is 308 g/mol. The van der Waals surface area contributed by atoms with E-state index >= 15 is 0 Å². The summed E-state index contributed by atoms with van der Waals surface area (Å²) < 4.78 is 5.25. The Kier molecular flexibility index (Phi) is 7.58. The number of benzene rings is 1. The fraction of sp³-hybridized carbons (Fsp3) is 0.647. The Hall–Kier alpha value is -0.550. The van der Waals surface area contributed by atoms with E-state index in [1.165, 1.54) is 29.8 Å². The van der Waals surface area contributed by atoms with Crippen LogP contribution in [0, 0.1) is 6.92 Å². The van der Waals surface area contributed by atoms with Crippen molar-refractivity contribution >= 4 is 11.8 Å². The van der Waals surface area contributed by atoms with E-state index in [0.29, 0.717) is 6.04 Å². The summed E-state index contributed by atoms with van der Waals surface area (Å²) in [7, 11) is 1.78. The molecule has 4 heteroatoms. The van der Waals surface area contributed by atoms with Crippen molar-refractivity contribution < 1.29 is 4.74 Å². The topological polar surface area (TPSA) is 24.5 Å². The first-order chi connectivity index (χ1) is 10.3. The van der Waals surface area contributed by atoms with Gasteiger partial charge in [0.1, 0.15) is 0 Å². The van der Waals surface area contributed by atoms with Crippen LogP contribution >= 0.6 is 11.8 Å². The fourth-order valence-electron chi connectivity index (χ4n) is 2.67. The minimum Gasteiger partial charge on any atom is -0.383 e. The molecule has 0 saturated carbocycles. The third kappa shape index (κ3) is 6.39. The van der Waals surface area contributed by atoms with E-state index in [9.17, 15) is 0 Å². The number of hydrogen-bond donors (Lipinski definition) is 1. The molecule has 2 rings (SSSR count). The molecule has 1 aromatic rings. The van der Waals surface area contributed by atoms with Crippen LogP contribution in [0.4, 0.5) is 0 Å². The zero-order valence-corrected chi connectivity index (χ0v) is 14.1. The molecule has 0 aliphatic carbocycles. The number of hydrogen-bond acceptors (Lipinski definition) is 4. The molecule has 3 nitrogen and oxygen atoms in total. The van der Waals surface area contributed by atoms with Gasteiger partial charge in [-0.25, -0.2) is 0 Å². The molecule has 0 radical (unpaired) electrons. The van der Waals surface area contributed by atoms with Crippen molar-refractivity contribution in [1.29, 1.82) is 0 Å². The van der Waals surface area contributed by atoms with Gasteiger partial charge in [0, 0.05) is 43.4 Å². The standard InChI is InChI=1S/C17H28N2OS/c1-15-5-7-17(8-6-15)21-13-11-19(10-12-20-2)14-16-4-3-9-18-16/h5-8,16,18H,3-4,9-14H2,1-2H3. The molecule has 0 amide bonds. The Labute approximate surface area is 133 Å². The zero-order valence-electron chi connectivity index (χ0n) is 13.3. The first-order valence-corrected chi connectivity index (χ1v) is 8.90. The van der Waals surface area contributed by atoms with Crippen molar-refractivity contribution in [3.05, 3.63) is 29.8 Å². The Morgan fingerprint density at radius 1 is 1.29 bits per heavy atom. The maximum absolute atomic E-state index is 5.25. The number of thioether (sulfide) groups is 1. The Morgan fingerprint density at radius 2 is 2.10 bits per heavy atom. The third-order valence-corrected chi connectivity index (χ3v) is 4.94. The largest absolute Gasteiger partial charge is 0.383 e. The van der Waals surface area contributed by atoms with Gasteiger partial charge in [0.25, 0.3) is 0 Å². The minimum atomic E-state index is 0.672. The van der Waals surface area contributed by atoms with Gasteiger partial charge in [0.05, 0.1) is 6.61 Å². The molecular weight excluding hydrogens is 280 g/mol. The highest BCUT2D eigenvalue weighted by molar-refractivity contribution is 7.99. The van der Waals surface area contributed by atoms with Gasteiger partial charge in [-0.2, -0.15) is 0 Å². The van der Waals surface area contributed by atoms with E-state index < -0.39 is 0 Å². The highest BCUT2D eigenvalue weighted by Gasteiger charge is 2.17. The monoisotopic (exact) mass is 308 g/mol. The summed E-state index contributed by atoms with van der Waals surface area (Å²) in [5, 5.41) is 3.59. The van der Waals surface area contributed by atoms with Crippen LogP contribution in [-0.4, -0.2) is 56.6 Å². The first-order valence-electron chi connectivity index (χ1n) is 7.92. The number of nitrogens with zero attached hydrogens (tertiary/aromatic N) is 1. The SMILES string of the molecule is COCCN(CCSc1ccc(C)cc1)CC1CCCN1. The number of aryl methyl sites for hydroxylation is 1. The Balaban J connectivity index is 1.73. The van der Waals surface area contributed by atoms with Gasteiger partial charge in [0.15, 0.2) is 0 Å². The second kappa shape index (κ2) is 9.46. The summed E-state index contributed by atoms with van der Waals surface area (Å²) in [4.78, 5) is 3.90. The lowest BCUT2D eigenvalue weighted by Gasteiger charge is -2.25. The lowest BCUT2D eigenvalue weighted by molar-refractivity contribution is 0.146. The lowest BCUT2D eigenvalue weighted by atomic mass is 10.2. The molecule has 1 unspecified atom stereocenters. The van der Waals surface area contributed by atoms with Gasteiger partial charge >= 0.3 is 0 Å². The van der Waals surface area contributed by atoms with Crippen LogP contribution in [0.25, 0.3) is 0 Å². The Bertz CT molecular complexity index is 390. The summed E-state index contributed by atoms with van der Waals surface area (Å²) in [6, 6.07) is 9.49. The third-order valence-electron chi connectivity index (χ3n) is 3.95. The van der Waals surface area contributed by atoms with Gasteiger partial charge in [-0.15, -0.1) is 11.8 Å². The van der Waals surface area contributed by atoms with Crippen molar-refractivity contribution in [2.75, 3.05) is 45.6 Å². The smallest absolute Gasteiger partial charge is 0.0589 e. The molecular formula is C17H28N2OS. The highest BCUT2D eigenvalue weighted by Crippen LogP contribution is 2.18. The molecule has 0 spiro atoms. The predicted octanol–water partition coefficient (Wildman–Crippen LogP) is 2.79. The molecule has 1 atom stereocenters. The van der Waals surface area contributed by atoms with E-state index in [1.807, 2.05) is 11.8 Å². The van der Waals surface area contributed by atoms with Gasteiger partial charge in [0.2, 0.25) is 0 Å². The second-order valence-corrected chi connectivity index (χ2v) is 6.92. The molecule has 1 aliphatic heterocycles. The zero-order chi connectivity index (χ0) is 14.9. The van der Waals surface area contributed by atoms with Crippen molar-refractivity contribution in [3.63, 3.8) is 0 Å². The van der Waals surface area contributed by atoms with E-state index in [-0.39, 0.29) is 0 Å². The normalized spacial score (nSPS) is 18.5. The van der Waals surface area contributed by atoms with Crippen LogP contribution in [0.15, 0.2) is 29.2 Å². The average Bonchev–Trinajstić information content (AvgIpc) is 2.99. The van der Waals surface area contributed by atoms with Crippen LogP contribution in [0.3, 0.4) is 0 Å². The molecule has 1 fully saturated rings. The summed E-state index contributed by atoms with van der Waals surface area (Å²) in [6.07, 6.45) is 2.63. The van der Waals surface area contributed by atoms with Crippen molar-refractivity contribution in [3.8, 4) is 0 Å². The van der Waals surface area contributed by atoms with E-state index in [0.717, 1.165) is 32.0 Å². The molecule has 21 heavy (non-hydrogen) atoms. The summed E-state index contributed by atoms with van der Waals surface area (Å²) in [6.45, 7) is 7.44. The van der Waals surface area contributed by atoms with Crippen LogP contribution in [0.1, 0.15) is 18.4 Å². The quantitative estimate of drug-likeness (QED) is 0.709. The van der Waals surface area contributed by atoms with E-state index in [2.05, 4.69) is 41.4 Å². The molecule has 1 saturated heterocycles. The summed E-state index contributed by atoms with van der Waals surface area (Å²) >= 11 is 1.95. The second-order valence-electron chi connectivity index (χ2n) is 5.75. The Morgan fingerprint density at radius 3 is 2.76 bits per heavy atom. The van der Waals surface area contributed by atoms with Crippen LogP contribution in [0.5, 0.6) is 0 Å². The van der Waals surface area contributed by atoms with Gasteiger partial charge in [-0.05, 0) is 38.4 Å². The van der Waals surface area contributed by atoms with E-state index in [4.69, 9.17) is 4.74 Å². The molecule has 1 aliphatic rings. The maximum atomic E-state index is 5.25. The molecule has 0 bridgehead atoms. The number of nitrogens with one attached hydrogen (secondary N) is 1. The number of rotatable bonds is 9. The van der Waals surface area contributed by atoms with Crippen molar-refractivity contribution in [2.24, 2.45) is 0 Å². The minimum absolute atomic E-state index is 0.672. The number of methoxy groups -OCH3 is 1. The number of ether oxygens (including phenoxy) is 1. The molecule has 0 aromatic heterocycles. The lowest BCUT2D eigenvalue weighted by Crippen LogP contribution is -2.40. The van der Waals surface area contributed by atoms with Gasteiger partial charge in [-0.3, -0.25) is 4.90 Å². The molecule has 1 heterocycles. The van der Waals surface area contributed by atoms with Crippen molar-refractivity contribution in [2.45, 2.75) is 30.7 Å². The first kappa shape index (κ1) is 16.8. The summed E-state index contributed by atoms with van der Waals surface area (Å²) in [5.74, 6) is 1.14. The highest BCUT2D eigenvalue weighted by atomic mass is 32.2. The molecule has 1 N–H and O–H groups in total. The predicted molar refractivity (Wildman–Crippen MR) is 91.2 cm³/mol. The van der Waals surface area contributed by atoms with E-state index in [1.54, 1.807) is 7.11 Å². The molecule has 1 aromatic carbocycles. The van der Waals surface area contributed by atoms with Gasteiger partial charge < -0.3 is 10.1 Å². The van der Waals surface area contributed by atoms with Gasteiger partial charge in [-0.1, -0.05) is 17.7 Å². The molecule has 118 valence electrons. The van der Waals surface area contributed by atoms with Crippen LogP contribution in [-0.2, 0) is 4.74 Å².